The Hall–Kier alpha value is -1.86. The van der Waals surface area contributed by atoms with Gasteiger partial charge in [0.2, 0.25) is 0 Å². The number of carbonyl (C=O) groups is 1. The Kier molecular flexibility index (Phi) is 10.6. The van der Waals surface area contributed by atoms with Crippen LogP contribution in [0.25, 0.3) is 0 Å². The van der Waals surface area contributed by atoms with Crippen LogP contribution in [0, 0.1) is 11.3 Å². The molecule has 0 aliphatic heterocycles. The fraction of sp³-hybridized carbons (Fsp3) is 0.619. The first-order valence-electron chi connectivity index (χ1n) is 9.45. The van der Waals surface area contributed by atoms with Crippen molar-refractivity contribution in [1.82, 2.24) is 4.90 Å². The molecule has 138 valence electrons. The largest absolute Gasteiger partial charge is 0.466 e. The Bertz CT molecular complexity index is 534. The minimum absolute atomic E-state index is 0.118. The first-order valence-corrected chi connectivity index (χ1v) is 9.45. The van der Waals surface area contributed by atoms with Gasteiger partial charge in [0.15, 0.2) is 0 Å². The zero-order chi connectivity index (χ0) is 18.5. The predicted molar refractivity (Wildman–Crippen MR) is 101 cm³/mol. The first-order chi connectivity index (χ1) is 12.1. The lowest BCUT2D eigenvalue weighted by molar-refractivity contribution is -0.144. The van der Waals surface area contributed by atoms with E-state index < -0.39 is 0 Å². The molecule has 25 heavy (non-hydrogen) atoms. The Labute approximate surface area is 152 Å². The van der Waals surface area contributed by atoms with Gasteiger partial charge in [-0.15, -0.1) is 0 Å². The highest BCUT2D eigenvalue weighted by atomic mass is 16.5. The summed E-state index contributed by atoms with van der Waals surface area (Å²) in [7, 11) is 2.06. The van der Waals surface area contributed by atoms with Gasteiger partial charge in [-0.25, -0.2) is 0 Å². The van der Waals surface area contributed by atoms with E-state index in [0.717, 1.165) is 24.9 Å². The average Bonchev–Trinajstić information content (AvgIpc) is 2.61. The van der Waals surface area contributed by atoms with Crippen LogP contribution in [0.4, 0.5) is 0 Å². The summed E-state index contributed by atoms with van der Waals surface area (Å²) in [5, 5.41) is 8.90. The number of unbranched alkanes of at least 4 members (excludes halogenated alkanes) is 4. The van der Waals surface area contributed by atoms with Crippen molar-refractivity contribution in [2.24, 2.45) is 0 Å². The van der Waals surface area contributed by atoms with Crippen LogP contribution < -0.4 is 0 Å². The second-order valence-electron chi connectivity index (χ2n) is 6.59. The molecule has 1 rings (SSSR count). The molecule has 4 nitrogen and oxygen atoms in total. The first kappa shape index (κ1) is 21.2. The number of ether oxygens (including phenoxy) is 1. The van der Waals surface area contributed by atoms with Crippen LogP contribution in [0.2, 0.25) is 0 Å². The molecule has 0 aliphatic carbocycles. The molecule has 0 radical (unpaired) electrons. The van der Waals surface area contributed by atoms with E-state index in [0.29, 0.717) is 18.6 Å². The number of hydrogen-bond acceptors (Lipinski definition) is 4. The van der Waals surface area contributed by atoms with E-state index in [1.807, 2.05) is 31.2 Å². The minimum Gasteiger partial charge on any atom is -0.466 e. The fourth-order valence-corrected chi connectivity index (χ4v) is 2.98. The van der Waals surface area contributed by atoms with Crippen molar-refractivity contribution >= 4 is 5.97 Å². The third-order valence-corrected chi connectivity index (χ3v) is 4.49. The summed E-state index contributed by atoms with van der Waals surface area (Å²) in [4.78, 5) is 14.2. The summed E-state index contributed by atoms with van der Waals surface area (Å²) >= 11 is 0. The molecular weight excluding hydrogens is 312 g/mol. The van der Waals surface area contributed by atoms with Gasteiger partial charge in [0.1, 0.15) is 0 Å². The molecule has 1 unspecified atom stereocenters. The quantitative estimate of drug-likeness (QED) is 0.408. The zero-order valence-corrected chi connectivity index (χ0v) is 16.0. The van der Waals surface area contributed by atoms with Crippen molar-refractivity contribution in [3.05, 3.63) is 35.4 Å². The maximum Gasteiger partial charge on any atom is 0.307 e. The molecule has 4 heteroatoms. The molecule has 0 saturated carbocycles. The Morgan fingerprint density at radius 3 is 2.44 bits per heavy atom. The summed E-state index contributed by atoms with van der Waals surface area (Å²) < 4.78 is 5.15. The number of benzene rings is 1. The van der Waals surface area contributed by atoms with Crippen LogP contribution in [0.1, 0.15) is 69.9 Å². The Morgan fingerprint density at radius 1 is 1.16 bits per heavy atom. The molecule has 1 aromatic carbocycles. The Morgan fingerprint density at radius 2 is 1.84 bits per heavy atom. The average molecular weight is 344 g/mol. The molecule has 0 aliphatic rings. The standard InChI is InChI=1S/C21H32N2O2/c1-4-6-7-8-9-10-20(15-21(24)25-5-2)23(3)17-19-13-11-18(16-22)12-14-19/h11-14,20H,4-10,15,17H2,1-3H3. The van der Waals surface area contributed by atoms with Crippen LogP contribution in [0.5, 0.6) is 0 Å². The number of carbonyl (C=O) groups excluding carboxylic acids is 1. The minimum atomic E-state index is -0.118. The van der Waals surface area contributed by atoms with Crippen LogP contribution in [0.3, 0.4) is 0 Å². The van der Waals surface area contributed by atoms with E-state index in [4.69, 9.17) is 10.00 Å². The van der Waals surface area contributed by atoms with Crippen molar-refractivity contribution in [3.63, 3.8) is 0 Å². The van der Waals surface area contributed by atoms with Gasteiger partial charge in [-0.1, -0.05) is 51.2 Å². The van der Waals surface area contributed by atoms with Gasteiger partial charge < -0.3 is 4.74 Å². The highest BCUT2D eigenvalue weighted by Gasteiger charge is 2.19. The summed E-state index contributed by atoms with van der Waals surface area (Å²) in [6.07, 6.45) is 7.60. The smallest absolute Gasteiger partial charge is 0.307 e. The van der Waals surface area contributed by atoms with Gasteiger partial charge in [0.05, 0.1) is 24.7 Å². The lowest BCUT2D eigenvalue weighted by Crippen LogP contribution is -2.33. The topological polar surface area (TPSA) is 53.3 Å². The number of nitriles is 1. The van der Waals surface area contributed by atoms with Gasteiger partial charge in [-0.3, -0.25) is 9.69 Å². The van der Waals surface area contributed by atoms with E-state index in [-0.39, 0.29) is 12.0 Å². The molecule has 1 aromatic rings. The molecule has 0 bridgehead atoms. The molecular formula is C21H32N2O2. The van der Waals surface area contributed by atoms with Crippen molar-refractivity contribution < 1.29 is 9.53 Å². The molecule has 0 spiro atoms. The molecule has 0 aromatic heterocycles. The SMILES string of the molecule is CCCCCCCC(CC(=O)OCC)N(C)Cc1ccc(C#N)cc1. The van der Waals surface area contributed by atoms with E-state index in [9.17, 15) is 4.79 Å². The van der Waals surface area contributed by atoms with Gasteiger partial charge >= 0.3 is 5.97 Å². The van der Waals surface area contributed by atoms with Crippen molar-refractivity contribution in [1.29, 1.82) is 5.26 Å². The van der Waals surface area contributed by atoms with E-state index in [1.165, 1.54) is 25.7 Å². The van der Waals surface area contributed by atoms with Crippen LogP contribution in [-0.4, -0.2) is 30.6 Å². The maximum atomic E-state index is 11.9. The molecule has 0 fully saturated rings. The zero-order valence-electron chi connectivity index (χ0n) is 16.0. The molecule has 0 heterocycles. The van der Waals surface area contributed by atoms with Crippen LogP contribution in [-0.2, 0) is 16.1 Å². The molecule has 0 amide bonds. The monoisotopic (exact) mass is 344 g/mol. The summed E-state index contributed by atoms with van der Waals surface area (Å²) in [5.41, 5.74) is 1.83. The Balaban J connectivity index is 2.60. The van der Waals surface area contributed by atoms with Crippen molar-refractivity contribution in [2.45, 2.75) is 71.4 Å². The van der Waals surface area contributed by atoms with Gasteiger partial charge in [0.25, 0.3) is 0 Å². The van der Waals surface area contributed by atoms with E-state index in [1.54, 1.807) is 0 Å². The van der Waals surface area contributed by atoms with E-state index >= 15 is 0 Å². The number of esters is 1. The summed E-state index contributed by atoms with van der Waals surface area (Å²) in [6.45, 7) is 5.26. The van der Waals surface area contributed by atoms with Gasteiger partial charge in [0, 0.05) is 12.6 Å². The number of nitrogens with zero attached hydrogens (tertiary/aromatic N) is 2. The van der Waals surface area contributed by atoms with Crippen LogP contribution in [0.15, 0.2) is 24.3 Å². The van der Waals surface area contributed by atoms with Crippen LogP contribution >= 0.6 is 0 Å². The highest BCUT2D eigenvalue weighted by molar-refractivity contribution is 5.70. The van der Waals surface area contributed by atoms with Gasteiger partial charge in [-0.05, 0) is 38.1 Å². The number of hydrogen-bond donors (Lipinski definition) is 0. The highest BCUT2D eigenvalue weighted by Crippen LogP contribution is 2.17. The van der Waals surface area contributed by atoms with Gasteiger partial charge in [-0.2, -0.15) is 5.26 Å². The fourth-order valence-electron chi connectivity index (χ4n) is 2.98. The maximum absolute atomic E-state index is 11.9. The molecule has 0 N–H and O–H groups in total. The van der Waals surface area contributed by atoms with Crippen molar-refractivity contribution in [3.8, 4) is 6.07 Å². The lowest BCUT2D eigenvalue weighted by atomic mass is 10.0. The molecule has 1 atom stereocenters. The third kappa shape index (κ3) is 8.69. The lowest BCUT2D eigenvalue weighted by Gasteiger charge is -2.27. The summed E-state index contributed by atoms with van der Waals surface area (Å²) in [5.74, 6) is -0.118. The number of rotatable bonds is 12. The van der Waals surface area contributed by atoms with E-state index in [2.05, 4.69) is 24.9 Å². The predicted octanol–water partition coefficient (Wildman–Crippen LogP) is 4.67. The second kappa shape index (κ2) is 12.5. The second-order valence-corrected chi connectivity index (χ2v) is 6.59. The summed E-state index contributed by atoms with van der Waals surface area (Å²) in [6, 6.07) is 9.98. The van der Waals surface area contributed by atoms with Crippen molar-refractivity contribution in [2.75, 3.05) is 13.7 Å². The molecule has 0 saturated heterocycles. The normalized spacial score (nSPS) is 12.0. The third-order valence-electron chi connectivity index (χ3n) is 4.49.